The van der Waals surface area contributed by atoms with Gasteiger partial charge in [0, 0.05) is 11.6 Å². The second kappa shape index (κ2) is 8.34. The zero-order chi connectivity index (χ0) is 21.2. The smallest absolute Gasteiger partial charge is 0.338 e. The second-order valence-electron chi connectivity index (χ2n) is 7.04. The number of methoxy groups -OCH3 is 1. The molecule has 1 atom stereocenters. The molecule has 0 bridgehead atoms. The molecule has 2 aromatic carbocycles. The van der Waals surface area contributed by atoms with Crippen LogP contribution in [0, 0.1) is 6.92 Å². The van der Waals surface area contributed by atoms with Gasteiger partial charge in [-0.05, 0) is 44.9 Å². The van der Waals surface area contributed by atoms with E-state index >= 15 is 0 Å². The Morgan fingerprint density at radius 2 is 1.69 bits per heavy atom. The van der Waals surface area contributed by atoms with Crippen LogP contribution in [0.15, 0.2) is 47.4 Å². The van der Waals surface area contributed by atoms with E-state index in [1.807, 2.05) is 6.92 Å². The summed E-state index contributed by atoms with van der Waals surface area (Å²) in [6, 6.07) is 10.9. The number of benzene rings is 2. The molecule has 1 fully saturated rings. The minimum absolute atomic E-state index is 0.0190. The summed E-state index contributed by atoms with van der Waals surface area (Å²) < 4.78 is 38.1. The van der Waals surface area contributed by atoms with Crippen LogP contribution in [0.5, 0.6) is 5.75 Å². The molecule has 0 aliphatic heterocycles. The highest BCUT2D eigenvalue weighted by Crippen LogP contribution is 2.28. The van der Waals surface area contributed by atoms with Gasteiger partial charge in [-0.15, -0.1) is 0 Å². The monoisotopic (exact) mass is 417 g/mol. The lowest BCUT2D eigenvalue weighted by molar-refractivity contribution is 0.0318. The maximum Gasteiger partial charge on any atom is 0.338 e. The van der Waals surface area contributed by atoms with Gasteiger partial charge in [0.15, 0.2) is 6.10 Å². The molecule has 1 unspecified atom stereocenters. The summed E-state index contributed by atoms with van der Waals surface area (Å²) in [5.74, 6) is -1.00. The number of carbonyl (C=O) groups excluding carboxylic acids is 2. The molecule has 1 saturated carbocycles. The Morgan fingerprint density at radius 1 is 1.07 bits per heavy atom. The number of esters is 1. The molecule has 8 heteroatoms. The first-order chi connectivity index (χ1) is 13.7. The Kier molecular flexibility index (Phi) is 6.04. The molecule has 0 radical (unpaired) electrons. The highest BCUT2D eigenvalue weighted by atomic mass is 32.2. The number of ether oxygens (including phenoxy) is 2. The van der Waals surface area contributed by atoms with Crippen LogP contribution in [0.3, 0.4) is 0 Å². The molecule has 1 N–H and O–H groups in total. The molecule has 154 valence electrons. The Morgan fingerprint density at radius 3 is 2.28 bits per heavy atom. The number of ketones is 1. The molecular formula is C21H23NO6S. The van der Waals surface area contributed by atoms with Crippen molar-refractivity contribution in [2.45, 2.75) is 43.7 Å². The van der Waals surface area contributed by atoms with E-state index < -0.39 is 22.1 Å². The first-order valence-electron chi connectivity index (χ1n) is 9.23. The summed E-state index contributed by atoms with van der Waals surface area (Å²) in [4.78, 5) is 24.9. The molecule has 0 heterocycles. The van der Waals surface area contributed by atoms with Gasteiger partial charge < -0.3 is 9.47 Å². The Bertz CT molecular complexity index is 1030. The van der Waals surface area contributed by atoms with Crippen LogP contribution in [0.1, 0.15) is 46.0 Å². The molecule has 0 aromatic heterocycles. The van der Waals surface area contributed by atoms with Crippen molar-refractivity contribution >= 4 is 21.8 Å². The van der Waals surface area contributed by atoms with Crippen LogP contribution in [0.4, 0.5) is 0 Å². The number of aryl methyl sites for hydroxylation is 1. The Balaban J connectivity index is 1.78. The summed E-state index contributed by atoms with van der Waals surface area (Å²) in [5.41, 5.74) is 1.46. The number of hydrogen-bond acceptors (Lipinski definition) is 6. The van der Waals surface area contributed by atoms with Gasteiger partial charge in [0.25, 0.3) is 0 Å². The van der Waals surface area contributed by atoms with E-state index in [1.165, 1.54) is 32.2 Å². The van der Waals surface area contributed by atoms with Crippen molar-refractivity contribution in [1.82, 2.24) is 4.72 Å². The zero-order valence-electron chi connectivity index (χ0n) is 16.5. The number of hydrogen-bond donors (Lipinski definition) is 1. The van der Waals surface area contributed by atoms with Crippen molar-refractivity contribution in [3.05, 3.63) is 59.2 Å². The average Bonchev–Trinajstić information content (AvgIpc) is 3.50. The third-order valence-corrected chi connectivity index (χ3v) is 6.12. The fourth-order valence-electron chi connectivity index (χ4n) is 2.73. The maximum atomic E-state index is 12.6. The van der Waals surface area contributed by atoms with Crippen LogP contribution in [0.25, 0.3) is 0 Å². The number of rotatable bonds is 8. The molecule has 1 aliphatic rings. The number of carbonyl (C=O) groups is 2. The van der Waals surface area contributed by atoms with E-state index in [-0.39, 0.29) is 28.0 Å². The Labute approximate surface area is 170 Å². The minimum Gasteiger partial charge on any atom is -0.495 e. The number of nitrogens with one attached hydrogen (secondary N) is 1. The van der Waals surface area contributed by atoms with Gasteiger partial charge in [0.2, 0.25) is 15.8 Å². The standard InChI is InChI=1S/C21H23NO6S/c1-13-4-6-15(7-5-13)20(23)14(2)28-21(24)16-8-11-18(27-3)19(12-16)29(25,26)22-17-9-10-17/h4-8,11-12,14,17,22H,9-10H2,1-3H3. The third kappa shape index (κ3) is 5.02. The van der Waals surface area contributed by atoms with E-state index in [2.05, 4.69) is 4.72 Å². The number of Topliss-reactive ketones (excluding diaryl/α,β-unsaturated/α-hetero) is 1. The van der Waals surface area contributed by atoms with Crippen LogP contribution >= 0.6 is 0 Å². The first-order valence-corrected chi connectivity index (χ1v) is 10.7. The molecule has 1 aliphatic carbocycles. The summed E-state index contributed by atoms with van der Waals surface area (Å²) in [7, 11) is -2.48. The van der Waals surface area contributed by atoms with Gasteiger partial charge in [0.1, 0.15) is 10.6 Å². The lowest BCUT2D eigenvalue weighted by Gasteiger charge is -2.14. The molecule has 2 aromatic rings. The van der Waals surface area contributed by atoms with Gasteiger partial charge in [-0.25, -0.2) is 17.9 Å². The molecular weight excluding hydrogens is 394 g/mol. The first kappa shape index (κ1) is 21.0. The number of sulfonamides is 1. The lowest BCUT2D eigenvalue weighted by atomic mass is 10.1. The fraction of sp³-hybridized carbons (Fsp3) is 0.333. The largest absolute Gasteiger partial charge is 0.495 e. The van der Waals surface area contributed by atoms with Crippen molar-refractivity contribution in [3.63, 3.8) is 0 Å². The van der Waals surface area contributed by atoms with E-state index in [1.54, 1.807) is 24.3 Å². The highest BCUT2D eigenvalue weighted by Gasteiger charge is 2.31. The van der Waals surface area contributed by atoms with Crippen molar-refractivity contribution < 1.29 is 27.5 Å². The Hall–Kier alpha value is -2.71. The van der Waals surface area contributed by atoms with Crippen molar-refractivity contribution in [2.24, 2.45) is 0 Å². The minimum atomic E-state index is -3.84. The van der Waals surface area contributed by atoms with Gasteiger partial charge in [-0.2, -0.15) is 0 Å². The predicted molar refractivity (Wildman–Crippen MR) is 107 cm³/mol. The molecule has 0 saturated heterocycles. The summed E-state index contributed by atoms with van der Waals surface area (Å²) >= 11 is 0. The normalized spacial score (nSPS) is 14.9. The zero-order valence-corrected chi connectivity index (χ0v) is 17.3. The fourth-order valence-corrected chi connectivity index (χ4v) is 4.23. The van der Waals surface area contributed by atoms with E-state index in [4.69, 9.17) is 9.47 Å². The second-order valence-corrected chi connectivity index (χ2v) is 8.72. The third-order valence-electron chi connectivity index (χ3n) is 4.58. The topological polar surface area (TPSA) is 98.8 Å². The summed E-state index contributed by atoms with van der Waals surface area (Å²) in [5, 5.41) is 0. The summed E-state index contributed by atoms with van der Waals surface area (Å²) in [6.07, 6.45) is 0.543. The van der Waals surface area contributed by atoms with E-state index in [9.17, 15) is 18.0 Å². The van der Waals surface area contributed by atoms with Crippen LogP contribution in [-0.4, -0.2) is 39.4 Å². The quantitative estimate of drug-likeness (QED) is 0.524. The summed E-state index contributed by atoms with van der Waals surface area (Å²) in [6.45, 7) is 3.39. The van der Waals surface area contributed by atoms with Gasteiger partial charge in [-0.3, -0.25) is 4.79 Å². The van der Waals surface area contributed by atoms with Crippen LogP contribution in [0.2, 0.25) is 0 Å². The van der Waals surface area contributed by atoms with Crippen molar-refractivity contribution in [1.29, 1.82) is 0 Å². The highest BCUT2D eigenvalue weighted by molar-refractivity contribution is 7.89. The van der Waals surface area contributed by atoms with Crippen LogP contribution < -0.4 is 9.46 Å². The molecule has 0 spiro atoms. The van der Waals surface area contributed by atoms with E-state index in [0.29, 0.717) is 5.56 Å². The van der Waals surface area contributed by atoms with Crippen LogP contribution in [-0.2, 0) is 14.8 Å². The predicted octanol–water partition coefficient (Wildman–Crippen LogP) is 2.87. The molecule has 0 amide bonds. The van der Waals surface area contributed by atoms with Crippen molar-refractivity contribution in [3.8, 4) is 5.75 Å². The lowest BCUT2D eigenvalue weighted by Crippen LogP contribution is -2.27. The molecule has 7 nitrogen and oxygen atoms in total. The van der Waals surface area contributed by atoms with Gasteiger partial charge in [-0.1, -0.05) is 29.8 Å². The molecule has 29 heavy (non-hydrogen) atoms. The molecule has 3 rings (SSSR count). The van der Waals surface area contributed by atoms with Gasteiger partial charge in [0.05, 0.1) is 12.7 Å². The maximum absolute atomic E-state index is 12.6. The van der Waals surface area contributed by atoms with E-state index in [0.717, 1.165) is 18.4 Å². The SMILES string of the molecule is COc1ccc(C(=O)OC(C)C(=O)c2ccc(C)cc2)cc1S(=O)(=O)NC1CC1. The van der Waals surface area contributed by atoms with Gasteiger partial charge >= 0.3 is 5.97 Å². The van der Waals surface area contributed by atoms with Crippen molar-refractivity contribution in [2.75, 3.05) is 7.11 Å². The average molecular weight is 417 g/mol.